The zero-order chi connectivity index (χ0) is 24.4. The fourth-order valence-corrected chi connectivity index (χ4v) is 4.62. The molecule has 0 atom stereocenters. The molecule has 180 valence electrons. The lowest BCUT2D eigenvalue weighted by Gasteiger charge is -2.15. The van der Waals surface area contributed by atoms with Gasteiger partial charge in [0, 0.05) is 39.5 Å². The van der Waals surface area contributed by atoms with Crippen molar-refractivity contribution in [1.29, 1.82) is 0 Å². The van der Waals surface area contributed by atoms with Gasteiger partial charge < -0.3 is 23.9 Å². The average Bonchev–Trinajstić information content (AvgIpc) is 3.48. The quantitative estimate of drug-likeness (QED) is 0.275. The Morgan fingerprint density at radius 3 is 2.57 bits per heavy atom. The lowest BCUT2D eigenvalue weighted by molar-refractivity contribution is 0.0521. The van der Waals surface area contributed by atoms with Crippen molar-refractivity contribution in [3.8, 4) is 28.4 Å². The Bertz CT molecular complexity index is 1380. The Morgan fingerprint density at radius 2 is 1.83 bits per heavy atom. The second-order valence-electron chi connectivity index (χ2n) is 8.25. The monoisotopic (exact) mass is 491 g/mol. The van der Waals surface area contributed by atoms with Gasteiger partial charge in [-0.05, 0) is 42.7 Å². The zero-order valence-electron chi connectivity index (χ0n) is 19.7. The maximum absolute atomic E-state index is 13.0. The number of esters is 1. The Kier molecular flexibility index (Phi) is 6.55. The SMILES string of the molecule is CCCOc1ccc2[nH]c(C(=O)OCC)c(-c3ccccc3)c2c1Cc1cc2c(cc1Cl)OCO2. The molecule has 0 amide bonds. The minimum Gasteiger partial charge on any atom is -0.493 e. The topological polar surface area (TPSA) is 69.8 Å². The van der Waals surface area contributed by atoms with Gasteiger partial charge in [-0.1, -0.05) is 48.9 Å². The summed E-state index contributed by atoms with van der Waals surface area (Å²) in [4.78, 5) is 16.3. The molecule has 2 heterocycles. The Hall–Kier alpha value is -3.64. The van der Waals surface area contributed by atoms with E-state index < -0.39 is 5.97 Å². The molecule has 0 saturated carbocycles. The predicted molar refractivity (Wildman–Crippen MR) is 136 cm³/mol. The van der Waals surface area contributed by atoms with Crippen LogP contribution >= 0.6 is 11.6 Å². The highest BCUT2D eigenvalue weighted by Crippen LogP contribution is 2.42. The van der Waals surface area contributed by atoms with Gasteiger partial charge in [-0.25, -0.2) is 4.79 Å². The van der Waals surface area contributed by atoms with Gasteiger partial charge in [0.1, 0.15) is 11.4 Å². The number of hydrogen-bond donors (Lipinski definition) is 1. The highest BCUT2D eigenvalue weighted by atomic mass is 35.5. The molecule has 0 saturated heterocycles. The first-order valence-corrected chi connectivity index (χ1v) is 12.1. The molecule has 1 aliphatic rings. The van der Waals surface area contributed by atoms with Gasteiger partial charge in [-0.2, -0.15) is 0 Å². The number of hydrogen-bond acceptors (Lipinski definition) is 5. The van der Waals surface area contributed by atoms with Gasteiger partial charge in [0.15, 0.2) is 11.5 Å². The number of nitrogens with one attached hydrogen (secondary N) is 1. The number of halogens is 1. The molecule has 0 spiro atoms. The maximum atomic E-state index is 13.0. The van der Waals surface area contributed by atoms with Crippen molar-refractivity contribution in [3.63, 3.8) is 0 Å². The second kappa shape index (κ2) is 9.92. The molecule has 5 rings (SSSR count). The number of aromatic amines is 1. The van der Waals surface area contributed by atoms with Gasteiger partial charge >= 0.3 is 5.97 Å². The first-order valence-electron chi connectivity index (χ1n) is 11.7. The number of fused-ring (bicyclic) bond motifs is 2. The van der Waals surface area contributed by atoms with Crippen molar-refractivity contribution in [2.24, 2.45) is 0 Å². The van der Waals surface area contributed by atoms with Crippen molar-refractivity contribution < 1.29 is 23.7 Å². The number of rotatable bonds is 8. The Balaban J connectivity index is 1.75. The summed E-state index contributed by atoms with van der Waals surface area (Å²) in [5.41, 5.74) is 4.74. The third kappa shape index (κ3) is 4.42. The van der Waals surface area contributed by atoms with Crippen LogP contribution in [-0.2, 0) is 11.2 Å². The van der Waals surface area contributed by atoms with Crippen LogP contribution in [0, 0.1) is 0 Å². The van der Waals surface area contributed by atoms with Crippen LogP contribution in [0.3, 0.4) is 0 Å². The summed E-state index contributed by atoms with van der Waals surface area (Å²) >= 11 is 6.66. The van der Waals surface area contributed by atoms with Crippen LogP contribution < -0.4 is 14.2 Å². The first kappa shape index (κ1) is 23.1. The van der Waals surface area contributed by atoms with Crippen LogP contribution in [0.2, 0.25) is 5.02 Å². The lowest BCUT2D eigenvalue weighted by atomic mass is 9.94. The highest BCUT2D eigenvalue weighted by Gasteiger charge is 2.25. The molecule has 1 N–H and O–H groups in total. The molecule has 0 bridgehead atoms. The number of carbonyl (C=O) groups excluding carboxylic acids is 1. The van der Waals surface area contributed by atoms with E-state index in [2.05, 4.69) is 11.9 Å². The fraction of sp³-hybridized carbons (Fsp3) is 0.250. The van der Waals surface area contributed by atoms with Crippen molar-refractivity contribution in [2.75, 3.05) is 20.0 Å². The molecule has 1 aliphatic heterocycles. The van der Waals surface area contributed by atoms with Crippen LogP contribution in [-0.4, -0.2) is 31.0 Å². The smallest absolute Gasteiger partial charge is 0.355 e. The van der Waals surface area contributed by atoms with Crippen molar-refractivity contribution in [1.82, 2.24) is 4.98 Å². The van der Waals surface area contributed by atoms with Crippen LogP contribution in [0.1, 0.15) is 41.9 Å². The zero-order valence-corrected chi connectivity index (χ0v) is 20.4. The van der Waals surface area contributed by atoms with E-state index in [-0.39, 0.29) is 13.4 Å². The second-order valence-corrected chi connectivity index (χ2v) is 8.66. The van der Waals surface area contributed by atoms with Crippen LogP contribution in [0.4, 0.5) is 0 Å². The highest BCUT2D eigenvalue weighted by molar-refractivity contribution is 6.31. The number of aromatic nitrogens is 1. The summed E-state index contributed by atoms with van der Waals surface area (Å²) in [5, 5.41) is 1.48. The van der Waals surface area contributed by atoms with Crippen molar-refractivity contribution >= 4 is 28.5 Å². The number of benzene rings is 3. The minimum absolute atomic E-state index is 0.175. The van der Waals surface area contributed by atoms with E-state index in [1.165, 1.54) is 0 Å². The largest absolute Gasteiger partial charge is 0.493 e. The summed E-state index contributed by atoms with van der Waals surface area (Å²) in [6.07, 6.45) is 1.35. The third-order valence-electron chi connectivity index (χ3n) is 5.94. The van der Waals surface area contributed by atoms with Crippen molar-refractivity contribution in [3.05, 3.63) is 76.4 Å². The van der Waals surface area contributed by atoms with E-state index in [4.69, 9.17) is 30.5 Å². The third-order valence-corrected chi connectivity index (χ3v) is 6.29. The number of carbonyl (C=O) groups is 1. The summed E-state index contributed by atoms with van der Waals surface area (Å²) in [6, 6.07) is 17.4. The molecule has 4 aromatic rings. The molecular formula is C28H26ClNO5. The lowest BCUT2D eigenvalue weighted by Crippen LogP contribution is -2.06. The van der Waals surface area contributed by atoms with E-state index in [1.807, 2.05) is 48.5 Å². The first-order chi connectivity index (χ1) is 17.1. The number of H-pyrrole nitrogens is 1. The summed E-state index contributed by atoms with van der Waals surface area (Å²) in [7, 11) is 0. The van der Waals surface area contributed by atoms with Gasteiger partial charge in [0.05, 0.1) is 13.2 Å². The van der Waals surface area contributed by atoms with E-state index in [0.29, 0.717) is 35.2 Å². The van der Waals surface area contributed by atoms with E-state index in [1.54, 1.807) is 13.0 Å². The van der Waals surface area contributed by atoms with Crippen LogP contribution in [0.15, 0.2) is 54.6 Å². The molecular weight excluding hydrogens is 466 g/mol. The molecule has 0 unspecified atom stereocenters. The van der Waals surface area contributed by atoms with E-state index in [9.17, 15) is 4.79 Å². The Labute approximate surface area is 208 Å². The molecule has 35 heavy (non-hydrogen) atoms. The maximum Gasteiger partial charge on any atom is 0.355 e. The molecule has 7 heteroatoms. The molecule has 0 aliphatic carbocycles. The average molecular weight is 492 g/mol. The van der Waals surface area contributed by atoms with Crippen molar-refractivity contribution in [2.45, 2.75) is 26.7 Å². The fourth-order valence-electron chi connectivity index (χ4n) is 4.40. The van der Waals surface area contributed by atoms with Gasteiger partial charge in [0.2, 0.25) is 6.79 Å². The summed E-state index contributed by atoms with van der Waals surface area (Å²) in [6.45, 7) is 4.90. The standard InChI is InChI=1S/C28H26ClNO5/c1-3-12-33-22-11-10-21-26(19(22)13-18-14-23-24(15-20(18)29)35-16-34-23)25(17-8-6-5-7-9-17)27(30-21)28(31)32-4-2/h5-11,14-15,30H,3-4,12-13,16H2,1-2H3. The number of ether oxygens (including phenoxy) is 4. The van der Waals surface area contributed by atoms with E-state index in [0.717, 1.165) is 45.3 Å². The molecule has 0 radical (unpaired) electrons. The Morgan fingerprint density at radius 1 is 1.06 bits per heavy atom. The molecule has 6 nitrogen and oxygen atoms in total. The molecule has 3 aromatic carbocycles. The summed E-state index contributed by atoms with van der Waals surface area (Å²) < 4.78 is 22.6. The normalized spacial score (nSPS) is 12.2. The van der Waals surface area contributed by atoms with Gasteiger partial charge in [0.25, 0.3) is 0 Å². The molecule has 0 fully saturated rings. The molecule has 1 aromatic heterocycles. The summed E-state index contributed by atoms with van der Waals surface area (Å²) in [5.74, 6) is 1.65. The van der Waals surface area contributed by atoms with Gasteiger partial charge in [-0.3, -0.25) is 0 Å². The minimum atomic E-state index is -0.398. The van der Waals surface area contributed by atoms with Crippen LogP contribution in [0.5, 0.6) is 17.2 Å². The predicted octanol–water partition coefficient (Wildman–Crippen LogP) is 6.77. The van der Waals surface area contributed by atoms with Crippen LogP contribution in [0.25, 0.3) is 22.0 Å². The van der Waals surface area contributed by atoms with E-state index >= 15 is 0 Å². The van der Waals surface area contributed by atoms with Gasteiger partial charge in [-0.15, -0.1) is 0 Å².